The molecule has 0 atom stereocenters. The lowest BCUT2D eigenvalue weighted by Gasteiger charge is -2.45. The van der Waals surface area contributed by atoms with E-state index in [1.807, 2.05) is 6.07 Å². The third kappa shape index (κ3) is 1.91. The molecular weight excluding hydrogens is 243 g/mol. The Kier molecular flexibility index (Phi) is 2.46. The number of hydrogen-bond donors (Lipinski definition) is 1. The Morgan fingerprint density at radius 2 is 2.05 bits per heavy atom. The molecule has 19 heavy (non-hydrogen) atoms. The molecule has 0 saturated carbocycles. The maximum absolute atomic E-state index is 13.9. The molecule has 0 aliphatic carbocycles. The third-order valence-electron chi connectivity index (χ3n) is 3.68. The standard InChI is InChI=1S/C15H17FN2O/c1-9-4-5-10-6-11(17-13(10)12(9)16)14(19)18-7-15(2,3)8-18/h4-6,17H,7-8H2,1-3H3. The lowest BCUT2D eigenvalue weighted by Crippen LogP contribution is -2.55. The van der Waals surface area contributed by atoms with E-state index < -0.39 is 0 Å². The minimum atomic E-state index is -0.277. The smallest absolute Gasteiger partial charge is 0.270 e. The Morgan fingerprint density at radius 1 is 1.37 bits per heavy atom. The van der Waals surface area contributed by atoms with Crippen LogP contribution in [0.4, 0.5) is 4.39 Å². The van der Waals surface area contributed by atoms with Crippen molar-refractivity contribution in [2.45, 2.75) is 20.8 Å². The van der Waals surface area contributed by atoms with Crippen LogP contribution in [0.1, 0.15) is 29.9 Å². The zero-order valence-corrected chi connectivity index (χ0v) is 11.4. The van der Waals surface area contributed by atoms with Crippen molar-refractivity contribution in [2.24, 2.45) is 5.41 Å². The fourth-order valence-electron chi connectivity index (χ4n) is 2.68. The average Bonchev–Trinajstić information content (AvgIpc) is 2.74. The number of rotatable bonds is 1. The van der Waals surface area contributed by atoms with Gasteiger partial charge in [-0.15, -0.1) is 0 Å². The number of hydrogen-bond acceptors (Lipinski definition) is 1. The quantitative estimate of drug-likeness (QED) is 0.840. The predicted octanol–water partition coefficient (Wildman–Crippen LogP) is 3.10. The number of carbonyl (C=O) groups excluding carboxylic acids is 1. The summed E-state index contributed by atoms with van der Waals surface area (Å²) < 4.78 is 13.9. The number of aromatic nitrogens is 1. The molecule has 1 aromatic carbocycles. The fraction of sp³-hybridized carbons (Fsp3) is 0.400. The van der Waals surface area contributed by atoms with Gasteiger partial charge in [-0.05, 0) is 24.0 Å². The van der Waals surface area contributed by atoms with Crippen LogP contribution in [0.15, 0.2) is 18.2 Å². The van der Waals surface area contributed by atoms with Gasteiger partial charge in [-0.1, -0.05) is 26.0 Å². The van der Waals surface area contributed by atoms with Crippen molar-refractivity contribution >= 4 is 16.8 Å². The highest BCUT2D eigenvalue weighted by atomic mass is 19.1. The Bertz CT molecular complexity index is 664. The van der Waals surface area contributed by atoms with E-state index in [2.05, 4.69) is 18.8 Å². The summed E-state index contributed by atoms with van der Waals surface area (Å²) in [5.74, 6) is -0.326. The molecule has 1 N–H and O–H groups in total. The molecule has 1 saturated heterocycles. The molecule has 100 valence electrons. The summed E-state index contributed by atoms with van der Waals surface area (Å²) in [6.07, 6.45) is 0. The van der Waals surface area contributed by atoms with Gasteiger partial charge in [-0.2, -0.15) is 0 Å². The molecule has 1 aromatic heterocycles. The fourth-order valence-corrected chi connectivity index (χ4v) is 2.68. The molecule has 3 rings (SSSR count). The largest absolute Gasteiger partial charge is 0.348 e. The van der Waals surface area contributed by atoms with E-state index in [9.17, 15) is 9.18 Å². The number of carbonyl (C=O) groups is 1. The summed E-state index contributed by atoms with van der Waals surface area (Å²) in [6, 6.07) is 5.29. The number of nitrogens with one attached hydrogen (secondary N) is 1. The van der Waals surface area contributed by atoms with Gasteiger partial charge in [0.1, 0.15) is 11.5 Å². The van der Waals surface area contributed by atoms with Gasteiger partial charge in [0.15, 0.2) is 0 Å². The zero-order chi connectivity index (χ0) is 13.8. The van der Waals surface area contributed by atoms with Crippen LogP contribution < -0.4 is 0 Å². The van der Waals surface area contributed by atoms with E-state index in [-0.39, 0.29) is 17.1 Å². The number of halogens is 1. The second kappa shape index (κ2) is 3.83. The maximum atomic E-state index is 13.9. The van der Waals surface area contributed by atoms with Gasteiger partial charge in [-0.25, -0.2) is 4.39 Å². The normalized spacial score (nSPS) is 17.6. The highest BCUT2D eigenvalue weighted by Crippen LogP contribution is 2.30. The second-order valence-electron chi connectivity index (χ2n) is 6.17. The molecule has 1 amide bonds. The number of aromatic amines is 1. The van der Waals surface area contributed by atoms with Crippen molar-refractivity contribution in [2.75, 3.05) is 13.1 Å². The van der Waals surface area contributed by atoms with Crippen molar-refractivity contribution in [1.82, 2.24) is 9.88 Å². The predicted molar refractivity (Wildman–Crippen MR) is 72.7 cm³/mol. The summed E-state index contributed by atoms with van der Waals surface area (Å²) in [5.41, 5.74) is 1.67. The molecule has 0 bridgehead atoms. The molecule has 1 aliphatic rings. The maximum Gasteiger partial charge on any atom is 0.270 e. The van der Waals surface area contributed by atoms with Crippen LogP contribution >= 0.6 is 0 Å². The highest BCUT2D eigenvalue weighted by Gasteiger charge is 2.37. The van der Waals surface area contributed by atoms with E-state index in [1.54, 1.807) is 24.0 Å². The summed E-state index contributed by atoms with van der Waals surface area (Å²) >= 11 is 0. The summed E-state index contributed by atoms with van der Waals surface area (Å²) in [6.45, 7) is 7.48. The van der Waals surface area contributed by atoms with Gasteiger partial charge in [0, 0.05) is 18.5 Å². The minimum Gasteiger partial charge on any atom is -0.348 e. The van der Waals surface area contributed by atoms with Crippen molar-refractivity contribution in [3.63, 3.8) is 0 Å². The van der Waals surface area contributed by atoms with Crippen LogP contribution in [0.5, 0.6) is 0 Å². The number of benzene rings is 1. The number of fused-ring (bicyclic) bond motifs is 1. The molecule has 0 unspecified atom stereocenters. The van der Waals surface area contributed by atoms with Crippen molar-refractivity contribution in [3.05, 3.63) is 35.3 Å². The molecule has 3 nitrogen and oxygen atoms in total. The molecule has 1 fully saturated rings. The van der Waals surface area contributed by atoms with E-state index in [0.717, 1.165) is 18.5 Å². The van der Waals surface area contributed by atoms with Gasteiger partial charge in [0.05, 0.1) is 5.52 Å². The first-order chi connectivity index (χ1) is 8.87. The van der Waals surface area contributed by atoms with Gasteiger partial charge in [-0.3, -0.25) is 4.79 Å². The monoisotopic (exact) mass is 260 g/mol. The van der Waals surface area contributed by atoms with Gasteiger partial charge < -0.3 is 9.88 Å². The SMILES string of the molecule is Cc1ccc2cc(C(=O)N3CC(C)(C)C3)[nH]c2c1F. The van der Waals surface area contributed by atoms with Gasteiger partial charge in [0.25, 0.3) is 5.91 Å². The Labute approximate surface area is 111 Å². The van der Waals surface area contributed by atoms with Gasteiger partial charge in [0.2, 0.25) is 0 Å². The Hall–Kier alpha value is -1.84. The third-order valence-corrected chi connectivity index (χ3v) is 3.68. The Morgan fingerprint density at radius 3 is 2.68 bits per heavy atom. The number of amides is 1. The van der Waals surface area contributed by atoms with E-state index in [1.165, 1.54) is 0 Å². The number of H-pyrrole nitrogens is 1. The number of nitrogens with zero attached hydrogens (tertiary/aromatic N) is 1. The average molecular weight is 260 g/mol. The molecule has 4 heteroatoms. The Balaban J connectivity index is 1.94. The summed E-state index contributed by atoms with van der Waals surface area (Å²) in [4.78, 5) is 17.0. The zero-order valence-electron chi connectivity index (χ0n) is 11.4. The van der Waals surface area contributed by atoms with Crippen molar-refractivity contribution < 1.29 is 9.18 Å². The van der Waals surface area contributed by atoms with Crippen LogP contribution in [0.25, 0.3) is 10.9 Å². The van der Waals surface area contributed by atoms with E-state index in [4.69, 9.17) is 0 Å². The first-order valence-corrected chi connectivity index (χ1v) is 6.44. The van der Waals surface area contributed by atoms with Crippen LogP contribution in [-0.2, 0) is 0 Å². The van der Waals surface area contributed by atoms with E-state index in [0.29, 0.717) is 16.8 Å². The molecule has 2 aromatic rings. The molecule has 2 heterocycles. The first-order valence-electron chi connectivity index (χ1n) is 6.44. The topological polar surface area (TPSA) is 36.1 Å². The van der Waals surface area contributed by atoms with Crippen LogP contribution in [0.3, 0.4) is 0 Å². The number of aryl methyl sites for hydroxylation is 1. The minimum absolute atomic E-state index is 0.0485. The molecule has 0 spiro atoms. The second-order valence-corrected chi connectivity index (χ2v) is 6.17. The van der Waals surface area contributed by atoms with Crippen LogP contribution in [-0.4, -0.2) is 28.9 Å². The van der Waals surface area contributed by atoms with Crippen molar-refractivity contribution in [3.8, 4) is 0 Å². The lowest BCUT2D eigenvalue weighted by molar-refractivity contribution is 0.0232. The molecule has 0 radical (unpaired) electrons. The van der Waals surface area contributed by atoms with Crippen LogP contribution in [0, 0.1) is 18.2 Å². The highest BCUT2D eigenvalue weighted by molar-refractivity contribution is 5.98. The van der Waals surface area contributed by atoms with Crippen LogP contribution in [0.2, 0.25) is 0 Å². The summed E-state index contributed by atoms with van der Waals surface area (Å²) in [7, 11) is 0. The first kappa shape index (κ1) is 12.2. The molecule has 1 aliphatic heterocycles. The van der Waals surface area contributed by atoms with E-state index >= 15 is 0 Å². The molecular formula is C15H17FN2O. The lowest BCUT2D eigenvalue weighted by atomic mass is 9.84. The van der Waals surface area contributed by atoms with Crippen molar-refractivity contribution in [1.29, 1.82) is 0 Å². The number of likely N-dealkylation sites (tertiary alicyclic amines) is 1. The van der Waals surface area contributed by atoms with Gasteiger partial charge >= 0.3 is 0 Å². The summed E-state index contributed by atoms with van der Waals surface area (Å²) in [5, 5.41) is 0.742.